The standard InChI is InChI=1S/C19H23N3O2S/c1-21-11-16(14-5-2-3-6-15(14)21)25-12-17(23)22-10-8-19(13-22)7-4-9-20-18(19)24/h2-3,5-6,11H,4,7-10,12-13H2,1H3,(H,20,24)/t19-/m1/s1. The molecule has 1 spiro atoms. The van der Waals surface area contributed by atoms with E-state index in [9.17, 15) is 9.59 Å². The predicted molar refractivity (Wildman–Crippen MR) is 99.5 cm³/mol. The molecule has 6 heteroatoms. The number of aromatic nitrogens is 1. The minimum Gasteiger partial charge on any atom is -0.356 e. The molecule has 2 aromatic rings. The summed E-state index contributed by atoms with van der Waals surface area (Å²) in [4.78, 5) is 27.9. The summed E-state index contributed by atoms with van der Waals surface area (Å²) in [6.45, 7) is 2.04. The summed E-state index contributed by atoms with van der Waals surface area (Å²) in [5, 5.41) is 4.16. The van der Waals surface area contributed by atoms with E-state index in [1.807, 2.05) is 24.1 Å². The van der Waals surface area contributed by atoms with E-state index in [0.29, 0.717) is 18.8 Å². The van der Waals surface area contributed by atoms with E-state index in [-0.39, 0.29) is 17.2 Å². The number of piperidine rings is 1. The van der Waals surface area contributed by atoms with Crippen molar-refractivity contribution in [2.45, 2.75) is 24.2 Å². The SMILES string of the molecule is Cn1cc(SCC(=O)N2CC[C@]3(CCCNC3=O)C2)c2ccccc21. The number of nitrogens with zero attached hydrogens (tertiary/aromatic N) is 2. The van der Waals surface area contributed by atoms with Gasteiger partial charge in [-0.05, 0) is 25.3 Å². The molecule has 1 aromatic heterocycles. The van der Waals surface area contributed by atoms with E-state index in [4.69, 9.17) is 0 Å². The van der Waals surface area contributed by atoms with Crippen LogP contribution in [0.5, 0.6) is 0 Å². The molecule has 2 aliphatic rings. The molecule has 1 aromatic carbocycles. The van der Waals surface area contributed by atoms with Gasteiger partial charge in [0.05, 0.1) is 11.2 Å². The van der Waals surface area contributed by atoms with E-state index < -0.39 is 0 Å². The van der Waals surface area contributed by atoms with Gasteiger partial charge < -0.3 is 14.8 Å². The van der Waals surface area contributed by atoms with E-state index in [1.165, 1.54) is 10.9 Å². The highest BCUT2D eigenvalue weighted by atomic mass is 32.2. The highest BCUT2D eigenvalue weighted by Crippen LogP contribution is 2.38. The molecule has 3 heterocycles. The third kappa shape index (κ3) is 2.92. The quantitative estimate of drug-likeness (QED) is 0.858. The number of amides is 2. The number of rotatable bonds is 3. The Bertz CT molecular complexity index is 831. The molecule has 1 atom stereocenters. The van der Waals surface area contributed by atoms with Crippen LogP contribution >= 0.6 is 11.8 Å². The average Bonchev–Trinajstić information content (AvgIpc) is 3.19. The fraction of sp³-hybridized carbons (Fsp3) is 0.474. The summed E-state index contributed by atoms with van der Waals surface area (Å²) >= 11 is 1.59. The van der Waals surface area contributed by atoms with Crippen molar-refractivity contribution in [3.05, 3.63) is 30.5 Å². The number of likely N-dealkylation sites (tertiary alicyclic amines) is 1. The molecule has 2 aliphatic heterocycles. The number of carbonyl (C=O) groups is 2. The molecule has 2 fully saturated rings. The smallest absolute Gasteiger partial charge is 0.232 e. The van der Waals surface area contributed by atoms with Crippen LogP contribution in [0.15, 0.2) is 35.4 Å². The molecule has 1 N–H and O–H groups in total. The van der Waals surface area contributed by atoms with Crippen LogP contribution in [-0.4, -0.2) is 46.7 Å². The second-order valence-electron chi connectivity index (χ2n) is 7.12. The maximum Gasteiger partial charge on any atom is 0.232 e. The minimum atomic E-state index is -0.335. The molecule has 132 valence electrons. The van der Waals surface area contributed by atoms with E-state index in [2.05, 4.69) is 28.2 Å². The van der Waals surface area contributed by atoms with E-state index in [0.717, 1.165) is 30.7 Å². The first-order valence-corrected chi connectivity index (χ1v) is 9.81. The Kier molecular flexibility index (Phi) is 4.23. The summed E-state index contributed by atoms with van der Waals surface area (Å²) in [6, 6.07) is 8.24. The maximum absolute atomic E-state index is 12.7. The van der Waals surface area contributed by atoms with Crippen LogP contribution in [-0.2, 0) is 16.6 Å². The van der Waals surface area contributed by atoms with Crippen molar-refractivity contribution in [1.82, 2.24) is 14.8 Å². The van der Waals surface area contributed by atoms with Crippen LogP contribution < -0.4 is 5.32 Å². The van der Waals surface area contributed by atoms with Gasteiger partial charge in [-0.2, -0.15) is 0 Å². The first kappa shape index (κ1) is 16.5. The van der Waals surface area contributed by atoms with Crippen molar-refractivity contribution >= 4 is 34.5 Å². The molecule has 0 aliphatic carbocycles. The lowest BCUT2D eigenvalue weighted by Gasteiger charge is -2.32. The first-order chi connectivity index (χ1) is 12.1. The third-order valence-corrected chi connectivity index (χ3v) is 6.55. The topological polar surface area (TPSA) is 54.3 Å². The van der Waals surface area contributed by atoms with Gasteiger partial charge in [0.1, 0.15) is 0 Å². The van der Waals surface area contributed by atoms with Gasteiger partial charge in [-0.1, -0.05) is 18.2 Å². The number of hydrogen-bond acceptors (Lipinski definition) is 3. The molecule has 25 heavy (non-hydrogen) atoms. The van der Waals surface area contributed by atoms with Gasteiger partial charge in [-0.15, -0.1) is 11.8 Å². The van der Waals surface area contributed by atoms with Crippen molar-refractivity contribution in [2.24, 2.45) is 12.5 Å². The number of aryl methyl sites for hydroxylation is 1. The van der Waals surface area contributed by atoms with Gasteiger partial charge in [0.2, 0.25) is 11.8 Å². The van der Waals surface area contributed by atoms with Gasteiger partial charge in [-0.25, -0.2) is 0 Å². The lowest BCUT2D eigenvalue weighted by molar-refractivity contribution is -0.134. The lowest BCUT2D eigenvalue weighted by atomic mass is 9.79. The molecule has 0 unspecified atom stereocenters. The van der Waals surface area contributed by atoms with Crippen molar-refractivity contribution in [3.8, 4) is 0 Å². The van der Waals surface area contributed by atoms with Gasteiger partial charge >= 0.3 is 0 Å². The molecule has 5 nitrogen and oxygen atoms in total. The molecule has 4 rings (SSSR count). The molecular formula is C19H23N3O2S. The summed E-state index contributed by atoms with van der Waals surface area (Å²) < 4.78 is 2.10. The summed E-state index contributed by atoms with van der Waals surface area (Å²) in [6.07, 6.45) is 4.80. The highest BCUT2D eigenvalue weighted by molar-refractivity contribution is 8.00. The molecule has 0 bridgehead atoms. The Morgan fingerprint density at radius 1 is 1.32 bits per heavy atom. The Balaban J connectivity index is 1.42. The van der Waals surface area contributed by atoms with E-state index in [1.54, 1.807) is 11.8 Å². The number of para-hydroxylation sites is 1. The van der Waals surface area contributed by atoms with Crippen molar-refractivity contribution in [1.29, 1.82) is 0 Å². The van der Waals surface area contributed by atoms with Crippen LogP contribution in [0.4, 0.5) is 0 Å². The van der Waals surface area contributed by atoms with Gasteiger partial charge in [0.25, 0.3) is 0 Å². The molecule has 2 saturated heterocycles. The monoisotopic (exact) mass is 357 g/mol. The number of nitrogens with one attached hydrogen (secondary N) is 1. The average molecular weight is 357 g/mol. The zero-order chi connectivity index (χ0) is 17.4. The van der Waals surface area contributed by atoms with Crippen LogP contribution in [0.1, 0.15) is 19.3 Å². The van der Waals surface area contributed by atoms with Crippen LogP contribution in [0.2, 0.25) is 0 Å². The summed E-state index contributed by atoms with van der Waals surface area (Å²) in [7, 11) is 2.03. The second kappa shape index (κ2) is 6.41. The normalized spacial score (nSPS) is 23.4. The summed E-state index contributed by atoms with van der Waals surface area (Å²) in [5.41, 5.74) is 0.842. The van der Waals surface area contributed by atoms with Crippen LogP contribution in [0.25, 0.3) is 10.9 Å². The first-order valence-electron chi connectivity index (χ1n) is 8.82. The Labute approximate surface area is 151 Å². The number of thioether (sulfide) groups is 1. The maximum atomic E-state index is 12.7. The van der Waals surface area contributed by atoms with Gasteiger partial charge in [-0.3, -0.25) is 9.59 Å². The van der Waals surface area contributed by atoms with Crippen molar-refractivity contribution in [3.63, 3.8) is 0 Å². The molecule has 0 radical (unpaired) electrons. The predicted octanol–water partition coefficient (Wildman–Crippen LogP) is 2.40. The number of carbonyl (C=O) groups excluding carboxylic acids is 2. The Morgan fingerprint density at radius 2 is 2.16 bits per heavy atom. The highest BCUT2D eigenvalue weighted by Gasteiger charge is 2.46. The number of benzene rings is 1. The van der Waals surface area contributed by atoms with Gasteiger partial charge in [0, 0.05) is 48.7 Å². The second-order valence-corrected chi connectivity index (χ2v) is 8.13. The molecule has 2 amide bonds. The van der Waals surface area contributed by atoms with Gasteiger partial charge in [0.15, 0.2) is 0 Å². The molecular weight excluding hydrogens is 334 g/mol. The van der Waals surface area contributed by atoms with Crippen molar-refractivity contribution in [2.75, 3.05) is 25.4 Å². The van der Waals surface area contributed by atoms with Crippen LogP contribution in [0, 0.1) is 5.41 Å². The third-order valence-electron chi connectivity index (χ3n) is 5.52. The number of hydrogen-bond donors (Lipinski definition) is 1. The number of fused-ring (bicyclic) bond motifs is 1. The zero-order valence-electron chi connectivity index (χ0n) is 14.5. The largest absolute Gasteiger partial charge is 0.356 e. The fourth-order valence-corrected chi connectivity index (χ4v) is 5.08. The Hall–Kier alpha value is -1.95. The fourth-order valence-electron chi connectivity index (χ4n) is 4.05. The Morgan fingerprint density at radius 3 is 3.00 bits per heavy atom. The zero-order valence-corrected chi connectivity index (χ0v) is 15.3. The summed E-state index contributed by atoms with van der Waals surface area (Å²) in [5.74, 6) is 0.690. The van der Waals surface area contributed by atoms with E-state index >= 15 is 0 Å². The van der Waals surface area contributed by atoms with Crippen molar-refractivity contribution < 1.29 is 9.59 Å². The van der Waals surface area contributed by atoms with Crippen LogP contribution in [0.3, 0.4) is 0 Å². The minimum absolute atomic E-state index is 0.133. The molecule has 0 saturated carbocycles. The lowest BCUT2D eigenvalue weighted by Crippen LogP contribution is -2.48.